The Morgan fingerprint density at radius 1 is 0.494 bits per heavy atom. The van der Waals surface area contributed by atoms with Crippen LogP contribution in [0.5, 0.6) is 11.5 Å². The van der Waals surface area contributed by atoms with Crippen molar-refractivity contribution in [3.8, 4) is 44.9 Å². The molecule has 4 heterocycles. The first-order valence-corrected chi connectivity index (χ1v) is 30.5. The molecule has 0 saturated carbocycles. The van der Waals surface area contributed by atoms with Crippen LogP contribution in [0.4, 0.5) is 39.9 Å². The van der Waals surface area contributed by atoms with E-state index in [-0.39, 0.29) is 51.9 Å². The maximum atomic E-state index is 9.41. The molecule has 3 aliphatic rings. The lowest BCUT2D eigenvalue weighted by molar-refractivity contribution is 0.482. The number of para-hydroxylation sites is 4. The van der Waals surface area contributed by atoms with Gasteiger partial charge in [0.05, 0.1) is 29.6 Å². The van der Waals surface area contributed by atoms with E-state index >= 15 is 0 Å². The number of anilines is 7. The van der Waals surface area contributed by atoms with E-state index in [2.05, 4.69) is 255 Å². The molecular weight excluding hydrogens is 1000 g/mol. The number of hydrogen-bond acceptors (Lipinski definition) is 5. The number of benzene rings is 9. The molecule has 6 heteroatoms. The van der Waals surface area contributed by atoms with Crippen LogP contribution in [0.1, 0.15) is 111 Å². The second-order valence-corrected chi connectivity index (χ2v) is 29.2. The molecule has 0 N–H and O–H groups in total. The van der Waals surface area contributed by atoms with Crippen molar-refractivity contribution >= 4 is 68.8 Å². The summed E-state index contributed by atoms with van der Waals surface area (Å²) < 4.78 is 52.7. The molecule has 13 rings (SSSR count). The number of rotatable bonds is 9. The lowest BCUT2D eigenvalue weighted by Gasteiger charge is -2.43. The van der Waals surface area contributed by atoms with Crippen LogP contribution in [0.15, 0.2) is 218 Å². The lowest BCUT2D eigenvalue weighted by Crippen LogP contribution is -2.75. The summed E-state index contributed by atoms with van der Waals surface area (Å²) in [6, 6.07) is 64.1. The standard InChI is InChI=1S/C75H72N4OSi/c1-49(2)51-41-56(77-48-78(65-33-20-19-32-64(65)77)71-60(50-25-14-12-15-26-50)30-24-31-61(71)52-39-54(74(6,7)8)43-55(40-52)75(9,10)11)45-57(42-51)80-58-46-63-62-29-18-22-35-68(62)81(59-27-16-13-17-28-59)69-36-23-21-34-66(69)79(67(47-58)72(63)81)70-44-53(37-38-76-70)73(3,4)5/h12-47,49H,48H2,1-11H3/i12D,14D,15D,25D,26D. The van der Waals surface area contributed by atoms with Gasteiger partial charge in [-0.3, -0.25) is 4.90 Å². The topological polar surface area (TPSA) is 31.8 Å². The summed E-state index contributed by atoms with van der Waals surface area (Å²) in [6.45, 7) is 24.9. The fourth-order valence-electron chi connectivity index (χ4n) is 12.6. The van der Waals surface area contributed by atoms with Gasteiger partial charge in [0.2, 0.25) is 0 Å². The third-order valence-electron chi connectivity index (χ3n) is 16.8. The Hall–Kier alpha value is -8.45. The summed E-state index contributed by atoms with van der Waals surface area (Å²) in [5.41, 5.74) is 14.9. The molecule has 0 radical (unpaired) electrons. The predicted octanol–water partition coefficient (Wildman–Crippen LogP) is 17.6. The smallest absolute Gasteiger partial charge is 0.185 e. The Labute approximate surface area is 488 Å². The SMILES string of the molecule is [2H]c1c([2H])c([2H])c(-c2cccc(-c3cc(C(C)(C)C)cc(C(C)(C)C)c3)c2N2CN(c3cc(Oc4cc5c6c(c4)N(c4cc(C(C)(C)C)ccn4)c4ccccc4[Si]6(c4ccccc4)c4ccccc4-5)cc(C(C)C)c3)c3ccccc32)c([2H])c1[2H]. The van der Waals surface area contributed by atoms with Crippen LogP contribution >= 0.6 is 0 Å². The van der Waals surface area contributed by atoms with Gasteiger partial charge in [0.15, 0.2) is 8.07 Å². The van der Waals surface area contributed by atoms with E-state index in [1.807, 2.05) is 24.4 Å². The van der Waals surface area contributed by atoms with Gasteiger partial charge in [0, 0.05) is 40.8 Å². The minimum Gasteiger partial charge on any atom is -0.457 e. The van der Waals surface area contributed by atoms with Crippen LogP contribution in [0.3, 0.4) is 0 Å². The normalized spacial score (nSPS) is 16.2. The third-order valence-corrected chi connectivity index (χ3v) is 21.8. The number of pyridine rings is 1. The van der Waals surface area contributed by atoms with Crippen molar-refractivity contribution < 1.29 is 11.6 Å². The minimum absolute atomic E-state index is 0.116. The molecule has 3 aliphatic heterocycles. The van der Waals surface area contributed by atoms with Gasteiger partial charge in [-0.15, -0.1) is 0 Å². The van der Waals surface area contributed by atoms with Crippen molar-refractivity contribution in [3.63, 3.8) is 0 Å². The van der Waals surface area contributed by atoms with Gasteiger partial charge in [0.25, 0.3) is 0 Å². The summed E-state index contributed by atoms with van der Waals surface area (Å²) in [4.78, 5) is 12.1. The lowest BCUT2D eigenvalue weighted by atomic mass is 9.78. The van der Waals surface area contributed by atoms with Crippen molar-refractivity contribution in [2.75, 3.05) is 21.4 Å². The molecule has 0 spiro atoms. The summed E-state index contributed by atoms with van der Waals surface area (Å²) >= 11 is 0. The Kier molecular flexibility index (Phi) is 11.1. The van der Waals surface area contributed by atoms with E-state index in [9.17, 15) is 2.74 Å². The quantitative estimate of drug-likeness (QED) is 0.135. The number of fused-ring (bicyclic) bond motifs is 6. The van der Waals surface area contributed by atoms with Gasteiger partial charge < -0.3 is 14.5 Å². The van der Waals surface area contributed by atoms with Crippen LogP contribution in [0, 0.1) is 0 Å². The molecule has 5 nitrogen and oxygen atoms in total. The molecule has 1 atom stereocenters. The Morgan fingerprint density at radius 2 is 1.09 bits per heavy atom. The zero-order chi connectivity index (χ0) is 60.5. The Balaban J connectivity index is 0.997. The van der Waals surface area contributed by atoms with Crippen molar-refractivity contribution in [1.82, 2.24) is 4.98 Å². The molecule has 0 aliphatic carbocycles. The largest absolute Gasteiger partial charge is 0.457 e. The zero-order valence-corrected chi connectivity index (χ0v) is 49.4. The van der Waals surface area contributed by atoms with Crippen LogP contribution in [0.25, 0.3) is 33.4 Å². The van der Waals surface area contributed by atoms with Crippen molar-refractivity contribution in [3.05, 3.63) is 241 Å². The van der Waals surface area contributed by atoms with E-state index in [0.29, 0.717) is 23.7 Å². The van der Waals surface area contributed by atoms with Crippen molar-refractivity contribution in [2.24, 2.45) is 0 Å². The summed E-state index contributed by atoms with van der Waals surface area (Å²) in [5.74, 6) is 2.39. The van der Waals surface area contributed by atoms with Crippen LogP contribution in [-0.2, 0) is 16.2 Å². The van der Waals surface area contributed by atoms with E-state index < -0.39 is 14.1 Å². The minimum atomic E-state index is -2.93. The average Bonchev–Trinajstić information content (AvgIpc) is 1.48. The molecule has 0 bridgehead atoms. The van der Waals surface area contributed by atoms with E-state index in [4.69, 9.17) is 13.8 Å². The maximum absolute atomic E-state index is 9.41. The van der Waals surface area contributed by atoms with E-state index in [0.717, 1.165) is 62.2 Å². The van der Waals surface area contributed by atoms with Gasteiger partial charge in [-0.05, 0) is 136 Å². The number of hydrogen-bond donors (Lipinski definition) is 0. The fraction of sp³-hybridized carbons (Fsp3) is 0.213. The third kappa shape index (κ3) is 8.78. The average molecular weight is 1080 g/mol. The molecule has 81 heavy (non-hydrogen) atoms. The molecule has 0 saturated heterocycles. The Morgan fingerprint density at radius 3 is 1.77 bits per heavy atom. The van der Waals surface area contributed by atoms with Crippen molar-refractivity contribution in [1.29, 1.82) is 0 Å². The first kappa shape index (κ1) is 46.3. The van der Waals surface area contributed by atoms with Crippen LogP contribution in [-0.4, -0.2) is 19.7 Å². The van der Waals surface area contributed by atoms with Crippen LogP contribution in [0.2, 0.25) is 0 Å². The molecule has 10 aromatic rings. The molecule has 0 fully saturated rings. The van der Waals surface area contributed by atoms with Gasteiger partial charge in [0.1, 0.15) is 24.0 Å². The highest BCUT2D eigenvalue weighted by molar-refractivity contribution is 7.23. The van der Waals surface area contributed by atoms with Gasteiger partial charge in [-0.2, -0.15) is 0 Å². The van der Waals surface area contributed by atoms with E-state index in [1.165, 1.54) is 43.0 Å². The summed E-state index contributed by atoms with van der Waals surface area (Å²) in [5, 5.41) is 5.34. The maximum Gasteiger partial charge on any atom is 0.185 e. The van der Waals surface area contributed by atoms with Gasteiger partial charge in [-0.25, -0.2) is 4.98 Å². The Bertz CT molecular complexity index is 4330. The molecule has 9 aromatic carbocycles. The second-order valence-electron chi connectivity index (χ2n) is 25.5. The highest BCUT2D eigenvalue weighted by atomic mass is 28.3. The number of ether oxygens (including phenoxy) is 1. The van der Waals surface area contributed by atoms with E-state index in [1.54, 1.807) is 0 Å². The molecule has 1 aromatic heterocycles. The monoisotopic (exact) mass is 1080 g/mol. The molecular formula is C75H72N4OSi. The molecule has 0 amide bonds. The number of nitrogens with zero attached hydrogens (tertiary/aromatic N) is 4. The molecule has 1 unspecified atom stereocenters. The zero-order valence-electron chi connectivity index (χ0n) is 53.4. The van der Waals surface area contributed by atoms with Crippen LogP contribution < -0.4 is 40.2 Å². The highest BCUT2D eigenvalue weighted by Gasteiger charge is 2.55. The van der Waals surface area contributed by atoms with Crippen molar-refractivity contribution in [2.45, 2.75) is 98.3 Å². The van der Waals surface area contributed by atoms with Gasteiger partial charge in [-0.1, -0.05) is 228 Å². The highest BCUT2D eigenvalue weighted by Crippen LogP contribution is 2.52. The fourth-order valence-corrected chi connectivity index (χ4v) is 18.1. The first-order chi connectivity index (χ1) is 40.9. The first-order valence-electron chi connectivity index (χ1n) is 31.0. The number of aromatic nitrogens is 1. The summed E-state index contributed by atoms with van der Waals surface area (Å²) in [6.07, 6.45) is 1.95. The van der Waals surface area contributed by atoms with Gasteiger partial charge >= 0.3 is 0 Å². The predicted molar refractivity (Wildman–Crippen MR) is 345 cm³/mol. The second kappa shape index (κ2) is 19.4. The summed E-state index contributed by atoms with van der Waals surface area (Å²) in [7, 11) is -2.93. The molecule has 402 valence electrons.